The molecule has 0 fully saturated rings. The Balaban J connectivity index is 2.68. The van der Waals surface area contributed by atoms with Crippen molar-refractivity contribution < 1.29 is 13.2 Å². The van der Waals surface area contributed by atoms with E-state index in [0.717, 1.165) is 0 Å². The summed E-state index contributed by atoms with van der Waals surface area (Å²) >= 11 is 0. The Morgan fingerprint density at radius 1 is 1.44 bits per heavy atom. The van der Waals surface area contributed by atoms with Crippen molar-refractivity contribution in [3.8, 4) is 0 Å². The van der Waals surface area contributed by atoms with Gasteiger partial charge in [0.15, 0.2) is 5.69 Å². The van der Waals surface area contributed by atoms with Gasteiger partial charge in [-0.3, -0.25) is 0 Å². The van der Waals surface area contributed by atoms with Crippen molar-refractivity contribution in [1.29, 1.82) is 0 Å². The van der Waals surface area contributed by atoms with E-state index in [1.807, 2.05) is 0 Å². The standard InChI is InChI=1S/C9H10F3N3O/c10-9(11,12)7-6-4(13)2-1-3-5(6)14-8(16)15-7/h4H,1-3,13H2,(H,14,15,16). The Morgan fingerprint density at radius 2 is 2.12 bits per heavy atom. The van der Waals surface area contributed by atoms with Crippen LogP contribution in [-0.4, -0.2) is 9.97 Å². The van der Waals surface area contributed by atoms with Gasteiger partial charge in [0.2, 0.25) is 0 Å². The molecule has 1 heterocycles. The van der Waals surface area contributed by atoms with Gasteiger partial charge in [0, 0.05) is 17.3 Å². The van der Waals surface area contributed by atoms with E-state index in [-0.39, 0.29) is 11.3 Å². The molecule has 0 radical (unpaired) electrons. The molecule has 1 atom stereocenters. The second kappa shape index (κ2) is 3.58. The molecule has 0 aromatic carbocycles. The second-order valence-corrected chi connectivity index (χ2v) is 3.78. The summed E-state index contributed by atoms with van der Waals surface area (Å²) in [4.78, 5) is 16.3. The number of fused-ring (bicyclic) bond motifs is 1. The van der Waals surface area contributed by atoms with E-state index in [2.05, 4.69) is 9.97 Å². The average Bonchev–Trinajstić information content (AvgIpc) is 2.15. The average molecular weight is 233 g/mol. The van der Waals surface area contributed by atoms with Crippen LogP contribution in [0.5, 0.6) is 0 Å². The van der Waals surface area contributed by atoms with Crippen LogP contribution < -0.4 is 11.4 Å². The summed E-state index contributed by atoms with van der Waals surface area (Å²) in [5, 5.41) is 0. The Bertz CT molecular complexity index is 466. The highest BCUT2D eigenvalue weighted by atomic mass is 19.4. The topological polar surface area (TPSA) is 71.8 Å². The van der Waals surface area contributed by atoms with Gasteiger partial charge in [0.25, 0.3) is 0 Å². The first-order chi connectivity index (χ1) is 7.39. The van der Waals surface area contributed by atoms with Crippen LogP contribution in [0.1, 0.15) is 35.8 Å². The van der Waals surface area contributed by atoms with Gasteiger partial charge in [0.1, 0.15) is 0 Å². The summed E-state index contributed by atoms with van der Waals surface area (Å²) < 4.78 is 38.0. The number of H-pyrrole nitrogens is 1. The molecule has 1 unspecified atom stereocenters. The quantitative estimate of drug-likeness (QED) is 0.705. The fraction of sp³-hybridized carbons (Fsp3) is 0.556. The minimum atomic E-state index is -4.63. The molecular formula is C9H10F3N3O. The van der Waals surface area contributed by atoms with E-state index >= 15 is 0 Å². The Hall–Kier alpha value is -1.37. The van der Waals surface area contributed by atoms with Gasteiger partial charge in [-0.05, 0) is 19.3 Å². The zero-order chi connectivity index (χ0) is 11.9. The summed E-state index contributed by atoms with van der Waals surface area (Å²) in [5.41, 5.74) is 3.73. The first kappa shape index (κ1) is 11.1. The fourth-order valence-corrected chi connectivity index (χ4v) is 1.98. The van der Waals surface area contributed by atoms with Crippen LogP contribution in [0.2, 0.25) is 0 Å². The van der Waals surface area contributed by atoms with Gasteiger partial charge < -0.3 is 10.7 Å². The molecule has 0 bridgehead atoms. The largest absolute Gasteiger partial charge is 0.433 e. The normalized spacial score (nSPS) is 20.6. The molecule has 0 saturated heterocycles. The molecule has 7 heteroatoms. The van der Waals surface area contributed by atoms with Gasteiger partial charge in [-0.25, -0.2) is 4.79 Å². The molecule has 16 heavy (non-hydrogen) atoms. The SMILES string of the molecule is NC1CCCc2[nH]c(=O)nc(C(F)(F)F)c21. The van der Waals surface area contributed by atoms with Crippen molar-refractivity contribution in [3.05, 3.63) is 27.4 Å². The molecule has 0 saturated carbocycles. The summed E-state index contributed by atoms with van der Waals surface area (Å²) in [5.74, 6) is 0. The lowest BCUT2D eigenvalue weighted by Gasteiger charge is -2.24. The number of nitrogens with zero attached hydrogens (tertiary/aromatic N) is 1. The van der Waals surface area contributed by atoms with Gasteiger partial charge in [-0.1, -0.05) is 0 Å². The molecule has 0 amide bonds. The monoisotopic (exact) mass is 233 g/mol. The lowest BCUT2D eigenvalue weighted by molar-refractivity contribution is -0.142. The number of nitrogens with one attached hydrogen (secondary N) is 1. The van der Waals surface area contributed by atoms with Crippen LogP contribution in [0, 0.1) is 0 Å². The summed E-state index contributed by atoms with van der Waals surface area (Å²) in [6.07, 6.45) is -3.08. The highest BCUT2D eigenvalue weighted by Gasteiger charge is 2.39. The molecule has 1 aliphatic carbocycles. The molecule has 0 aliphatic heterocycles. The maximum atomic E-state index is 12.7. The summed E-state index contributed by atoms with van der Waals surface area (Å²) in [6.45, 7) is 0. The van der Waals surface area contributed by atoms with Crippen LogP contribution in [0.15, 0.2) is 4.79 Å². The van der Waals surface area contributed by atoms with E-state index in [1.54, 1.807) is 0 Å². The Kier molecular flexibility index (Phi) is 2.49. The summed E-state index contributed by atoms with van der Waals surface area (Å²) in [6, 6.07) is -0.704. The van der Waals surface area contributed by atoms with Crippen LogP contribution in [-0.2, 0) is 12.6 Å². The highest BCUT2D eigenvalue weighted by molar-refractivity contribution is 5.32. The van der Waals surface area contributed by atoms with Crippen LogP contribution in [0.25, 0.3) is 0 Å². The lowest BCUT2D eigenvalue weighted by Crippen LogP contribution is -2.30. The number of aromatic amines is 1. The number of hydrogen-bond donors (Lipinski definition) is 2. The molecule has 88 valence electrons. The number of hydrogen-bond acceptors (Lipinski definition) is 3. The number of nitrogens with two attached hydrogens (primary N) is 1. The Morgan fingerprint density at radius 3 is 2.75 bits per heavy atom. The first-order valence-electron chi connectivity index (χ1n) is 4.85. The number of halogens is 3. The van der Waals surface area contributed by atoms with E-state index in [1.165, 1.54) is 0 Å². The molecule has 3 N–H and O–H groups in total. The molecule has 4 nitrogen and oxygen atoms in total. The zero-order valence-corrected chi connectivity index (χ0v) is 8.27. The highest BCUT2D eigenvalue weighted by Crippen LogP contribution is 2.36. The van der Waals surface area contributed by atoms with Gasteiger partial charge in [-0.2, -0.15) is 18.2 Å². The van der Waals surface area contributed by atoms with E-state index in [9.17, 15) is 18.0 Å². The van der Waals surface area contributed by atoms with Crippen molar-refractivity contribution >= 4 is 0 Å². The first-order valence-corrected chi connectivity index (χ1v) is 4.85. The van der Waals surface area contributed by atoms with Crippen molar-refractivity contribution in [1.82, 2.24) is 9.97 Å². The summed E-state index contributed by atoms with van der Waals surface area (Å²) in [7, 11) is 0. The van der Waals surface area contributed by atoms with E-state index < -0.39 is 23.6 Å². The van der Waals surface area contributed by atoms with Gasteiger partial charge >= 0.3 is 11.9 Å². The number of aromatic nitrogens is 2. The fourth-order valence-electron chi connectivity index (χ4n) is 1.98. The molecule has 2 rings (SSSR count). The number of rotatable bonds is 0. The molecular weight excluding hydrogens is 223 g/mol. The third-order valence-corrected chi connectivity index (χ3v) is 2.63. The molecule has 1 aromatic heterocycles. The third-order valence-electron chi connectivity index (χ3n) is 2.63. The second-order valence-electron chi connectivity index (χ2n) is 3.78. The number of aryl methyl sites for hydroxylation is 1. The van der Waals surface area contributed by atoms with E-state index in [0.29, 0.717) is 19.3 Å². The lowest BCUT2D eigenvalue weighted by atomic mass is 9.90. The molecule has 1 aromatic rings. The van der Waals surface area contributed by atoms with Gasteiger partial charge in [-0.15, -0.1) is 0 Å². The maximum Gasteiger partial charge on any atom is 0.433 e. The Labute approximate surface area is 88.7 Å². The van der Waals surface area contributed by atoms with Crippen LogP contribution in [0.3, 0.4) is 0 Å². The van der Waals surface area contributed by atoms with Crippen LogP contribution in [0.4, 0.5) is 13.2 Å². The maximum absolute atomic E-state index is 12.7. The number of alkyl halides is 3. The van der Waals surface area contributed by atoms with Crippen molar-refractivity contribution in [2.24, 2.45) is 5.73 Å². The minimum Gasteiger partial charge on any atom is -0.324 e. The minimum absolute atomic E-state index is 0.0571. The van der Waals surface area contributed by atoms with E-state index in [4.69, 9.17) is 5.73 Å². The predicted octanol–water partition coefficient (Wildman–Crippen LogP) is 1.12. The molecule has 1 aliphatic rings. The smallest absolute Gasteiger partial charge is 0.324 e. The van der Waals surface area contributed by atoms with Crippen molar-refractivity contribution in [3.63, 3.8) is 0 Å². The van der Waals surface area contributed by atoms with Crippen molar-refractivity contribution in [2.75, 3.05) is 0 Å². The molecule has 0 spiro atoms. The van der Waals surface area contributed by atoms with Crippen molar-refractivity contribution in [2.45, 2.75) is 31.5 Å². The third kappa shape index (κ3) is 1.82. The predicted molar refractivity (Wildman–Crippen MR) is 49.7 cm³/mol. The van der Waals surface area contributed by atoms with Gasteiger partial charge in [0.05, 0.1) is 0 Å². The zero-order valence-electron chi connectivity index (χ0n) is 8.27. The van der Waals surface area contributed by atoms with Crippen LogP contribution >= 0.6 is 0 Å².